The van der Waals surface area contributed by atoms with Crippen molar-refractivity contribution >= 4 is 28.3 Å². The number of nitrogens with one attached hydrogen (secondary N) is 1. The molecular weight excluding hydrogens is 338 g/mol. The van der Waals surface area contributed by atoms with E-state index in [9.17, 15) is 10.2 Å². The molecular formula is C15H18BrNO2S. The summed E-state index contributed by atoms with van der Waals surface area (Å²) in [5.74, 6) is 0.706. The summed E-state index contributed by atoms with van der Waals surface area (Å²) in [4.78, 5) is 1.42. The van der Waals surface area contributed by atoms with E-state index in [1.807, 2.05) is 6.07 Å². The number of phenols is 2. The molecule has 2 unspecified atom stereocenters. The second-order valence-corrected chi connectivity index (χ2v) is 6.03. The van der Waals surface area contributed by atoms with E-state index in [1.54, 1.807) is 23.5 Å². The van der Waals surface area contributed by atoms with E-state index in [4.69, 9.17) is 0 Å². The summed E-state index contributed by atoms with van der Waals surface area (Å²) in [6, 6.07) is 7.32. The Hall–Kier alpha value is -1.04. The standard InChI is InChI=1S/C15H17NO2S.BrH/c1-9-4-5-19-15(9)12-8-16-7-11(12)10-2-3-13(17)14(18)6-10;/h2-6,11-12,16-18H,7-8H2,1H3;1H. The summed E-state index contributed by atoms with van der Waals surface area (Å²) in [6.45, 7) is 4.02. The SMILES string of the molecule is Br.Cc1ccsc1C1CNCC1c1ccc(O)c(O)c1. The average molecular weight is 356 g/mol. The topological polar surface area (TPSA) is 52.5 Å². The summed E-state index contributed by atoms with van der Waals surface area (Å²) >= 11 is 1.80. The Morgan fingerprint density at radius 1 is 1.10 bits per heavy atom. The molecule has 1 fully saturated rings. The van der Waals surface area contributed by atoms with Crippen LogP contribution < -0.4 is 5.32 Å². The Labute approximate surface area is 133 Å². The number of aryl methyl sites for hydroxylation is 1. The van der Waals surface area contributed by atoms with E-state index in [0.717, 1.165) is 18.7 Å². The molecule has 1 aliphatic heterocycles. The van der Waals surface area contributed by atoms with Crippen molar-refractivity contribution in [3.05, 3.63) is 45.6 Å². The van der Waals surface area contributed by atoms with Gasteiger partial charge in [0.25, 0.3) is 0 Å². The van der Waals surface area contributed by atoms with E-state index in [0.29, 0.717) is 11.8 Å². The van der Waals surface area contributed by atoms with E-state index >= 15 is 0 Å². The van der Waals surface area contributed by atoms with Crippen LogP contribution in [-0.4, -0.2) is 23.3 Å². The predicted molar refractivity (Wildman–Crippen MR) is 87.5 cm³/mol. The molecule has 0 spiro atoms. The van der Waals surface area contributed by atoms with Crippen LogP contribution >= 0.6 is 28.3 Å². The number of aromatic hydroxyl groups is 2. The van der Waals surface area contributed by atoms with Crippen molar-refractivity contribution in [1.29, 1.82) is 0 Å². The first-order valence-corrected chi connectivity index (χ1v) is 7.31. The van der Waals surface area contributed by atoms with Crippen molar-refractivity contribution in [1.82, 2.24) is 5.32 Å². The Bertz CT molecular complexity index is 599. The van der Waals surface area contributed by atoms with Crippen molar-refractivity contribution in [2.45, 2.75) is 18.8 Å². The minimum Gasteiger partial charge on any atom is -0.504 e. The average Bonchev–Trinajstić information content (AvgIpc) is 3.00. The van der Waals surface area contributed by atoms with Gasteiger partial charge in [-0.2, -0.15) is 0 Å². The maximum Gasteiger partial charge on any atom is 0.157 e. The van der Waals surface area contributed by atoms with Crippen molar-refractivity contribution in [2.24, 2.45) is 0 Å². The fourth-order valence-electron chi connectivity index (χ4n) is 2.84. The molecule has 3 N–H and O–H groups in total. The maximum atomic E-state index is 9.66. The van der Waals surface area contributed by atoms with Crippen molar-refractivity contribution in [2.75, 3.05) is 13.1 Å². The molecule has 1 saturated heterocycles. The second kappa shape index (κ2) is 6.16. The van der Waals surface area contributed by atoms with Gasteiger partial charge in [-0.05, 0) is 41.6 Å². The number of thiophene rings is 1. The normalized spacial score (nSPS) is 21.6. The number of phenolic OH excluding ortho intramolecular Hbond substituents is 2. The number of halogens is 1. The van der Waals surface area contributed by atoms with Crippen molar-refractivity contribution in [3.8, 4) is 11.5 Å². The quantitative estimate of drug-likeness (QED) is 0.722. The third-order valence-electron chi connectivity index (χ3n) is 3.88. The van der Waals surface area contributed by atoms with Gasteiger partial charge in [0.1, 0.15) is 0 Å². The molecule has 0 saturated carbocycles. The zero-order valence-corrected chi connectivity index (χ0v) is 13.7. The zero-order valence-electron chi connectivity index (χ0n) is 11.2. The second-order valence-electron chi connectivity index (χ2n) is 5.09. The molecule has 5 heteroatoms. The summed E-state index contributed by atoms with van der Waals surface area (Å²) < 4.78 is 0. The molecule has 108 valence electrons. The minimum atomic E-state index is -0.0569. The lowest BCUT2D eigenvalue weighted by Crippen LogP contribution is -2.08. The van der Waals surface area contributed by atoms with E-state index in [2.05, 4.69) is 23.7 Å². The maximum absolute atomic E-state index is 9.66. The molecule has 2 aromatic rings. The van der Waals surface area contributed by atoms with Crippen LogP contribution in [0.2, 0.25) is 0 Å². The van der Waals surface area contributed by atoms with Crippen LogP contribution in [0, 0.1) is 6.92 Å². The predicted octanol–water partition coefficient (Wildman–Crippen LogP) is 3.52. The molecule has 20 heavy (non-hydrogen) atoms. The largest absolute Gasteiger partial charge is 0.504 e. The Kier molecular flexibility index (Phi) is 4.73. The highest BCUT2D eigenvalue weighted by molar-refractivity contribution is 8.93. The minimum absolute atomic E-state index is 0. The third-order valence-corrected chi connectivity index (χ3v) is 5.03. The van der Waals surface area contributed by atoms with Crippen LogP contribution in [-0.2, 0) is 0 Å². The van der Waals surface area contributed by atoms with Crippen LogP contribution in [0.1, 0.15) is 27.8 Å². The van der Waals surface area contributed by atoms with E-state index in [1.165, 1.54) is 10.4 Å². The molecule has 3 nitrogen and oxygen atoms in total. The highest BCUT2D eigenvalue weighted by Crippen LogP contribution is 2.41. The molecule has 0 radical (unpaired) electrons. The molecule has 0 aliphatic carbocycles. The molecule has 1 aromatic heterocycles. The Balaban J connectivity index is 0.00000147. The number of hydrogen-bond donors (Lipinski definition) is 3. The zero-order chi connectivity index (χ0) is 13.4. The van der Waals surface area contributed by atoms with Crippen molar-refractivity contribution in [3.63, 3.8) is 0 Å². The highest BCUT2D eigenvalue weighted by Gasteiger charge is 2.31. The smallest absolute Gasteiger partial charge is 0.157 e. The Morgan fingerprint density at radius 2 is 1.85 bits per heavy atom. The monoisotopic (exact) mass is 355 g/mol. The first-order chi connectivity index (χ1) is 9.16. The summed E-state index contributed by atoms with van der Waals surface area (Å²) in [7, 11) is 0. The summed E-state index contributed by atoms with van der Waals surface area (Å²) in [6.07, 6.45) is 0. The van der Waals surface area contributed by atoms with Gasteiger partial charge in [0.15, 0.2) is 11.5 Å². The van der Waals surface area contributed by atoms with Gasteiger partial charge in [-0.3, -0.25) is 0 Å². The van der Waals surface area contributed by atoms with Gasteiger partial charge in [-0.1, -0.05) is 6.07 Å². The van der Waals surface area contributed by atoms with Gasteiger partial charge >= 0.3 is 0 Å². The van der Waals surface area contributed by atoms with Crippen LogP contribution in [0.5, 0.6) is 11.5 Å². The molecule has 0 amide bonds. The fraction of sp³-hybridized carbons (Fsp3) is 0.333. The highest BCUT2D eigenvalue weighted by atomic mass is 79.9. The molecule has 3 rings (SSSR count). The number of benzene rings is 1. The Morgan fingerprint density at radius 3 is 2.50 bits per heavy atom. The lowest BCUT2D eigenvalue weighted by molar-refractivity contribution is 0.402. The molecule has 1 aliphatic rings. The van der Waals surface area contributed by atoms with Gasteiger partial charge < -0.3 is 15.5 Å². The lowest BCUT2D eigenvalue weighted by atomic mass is 9.86. The van der Waals surface area contributed by atoms with Gasteiger partial charge in [0.2, 0.25) is 0 Å². The van der Waals surface area contributed by atoms with Gasteiger partial charge in [-0.25, -0.2) is 0 Å². The van der Waals surface area contributed by atoms with Gasteiger partial charge in [-0.15, -0.1) is 28.3 Å². The first kappa shape index (κ1) is 15.4. The van der Waals surface area contributed by atoms with E-state index in [-0.39, 0.29) is 28.5 Å². The van der Waals surface area contributed by atoms with Crippen molar-refractivity contribution < 1.29 is 10.2 Å². The van der Waals surface area contributed by atoms with Gasteiger partial charge in [0, 0.05) is 29.8 Å². The third kappa shape index (κ3) is 2.71. The van der Waals surface area contributed by atoms with E-state index < -0.39 is 0 Å². The molecule has 2 heterocycles. The number of hydrogen-bond acceptors (Lipinski definition) is 4. The van der Waals surface area contributed by atoms with Crippen LogP contribution in [0.15, 0.2) is 29.6 Å². The van der Waals surface area contributed by atoms with Gasteiger partial charge in [0.05, 0.1) is 0 Å². The van der Waals surface area contributed by atoms with Crippen LogP contribution in [0.3, 0.4) is 0 Å². The fourth-order valence-corrected chi connectivity index (χ4v) is 3.93. The first-order valence-electron chi connectivity index (χ1n) is 6.43. The molecule has 2 atom stereocenters. The lowest BCUT2D eigenvalue weighted by Gasteiger charge is -2.19. The van der Waals surface area contributed by atoms with Crippen LogP contribution in [0.4, 0.5) is 0 Å². The summed E-state index contributed by atoms with van der Waals surface area (Å²) in [5.41, 5.74) is 2.42. The molecule has 1 aromatic carbocycles. The number of rotatable bonds is 2. The molecule has 0 bridgehead atoms. The summed E-state index contributed by atoms with van der Waals surface area (Å²) in [5, 5.41) is 24.6. The van der Waals surface area contributed by atoms with Crippen LogP contribution in [0.25, 0.3) is 0 Å².